The van der Waals surface area contributed by atoms with Gasteiger partial charge in [0.15, 0.2) is 0 Å². The molecule has 1 aliphatic rings. The van der Waals surface area contributed by atoms with E-state index in [4.69, 9.17) is 5.73 Å². The van der Waals surface area contributed by atoms with Gasteiger partial charge in [-0.2, -0.15) is 0 Å². The number of anilines is 1. The summed E-state index contributed by atoms with van der Waals surface area (Å²) in [4.78, 5) is 17.8. The molecule has 1 amide bonds. The normalized spacial score (nSPS) is 16.2. The first-order valence-corrected chi connectivity index (χ1v) is 6.28. The average molecular weight is 248 g/mol. The highest BCUT2D eigenvalue weighted by molar-refractivity contribution is 5.92. The SMILES string of the molecule is CNC(=O)c1cc(N(C)C(CN)C2CC2)ccn1. The number of carbonyl (C=O) groups is 1. The van der Waals surface area contributed by atoms with Gasteiger partial charge in [0.2, 0.25) is 0 Å². The minimum Gasteiger partial charge on any atom is -0.370 e. The van der Waals surface area contributed by atoms with E-state index in [0.717, 1.165) is 5.69 Å². The van der Waals surface area contributed by atoms with Gasteiger partial charge in [0, 0.05) is 38.6 Å². The van der Waals surface area contributed by atoms with Crippen LogP contribution in [-0.4, -0.2) is 37.6 Å². The summed E-state index contributed by atoms with van der Waals surface area (Å²) in [7, 11) is 3.63. The van der Waals surface area contributed by atoms with Crippen molar-refractivity contribution >= 4 is 11.6 Å². The molecule has 3 N–H and O–H groups in total. The van der Waals surface area contributed by atoms with Crippen molar-refractivity contribution in [2.45, 2.75) is 18.9 Å². The molecule has 5 nitrogen and oxygen atoms in total. The summed E-state index contributed by atoms with van der Waals surface area (Å²) in [6.07, 6.45) is 4.16. The van der Waals surface area contributed by atoms with Gasteiger partial charge >= 0.3 is 0 Å². The fourth-order valence-corrected chi connectivity index (χ4v) is 2.23. The Hall–Kier alpha value is -1.62. The highest BCUT2D eigenvalue weighted by Gasteiger charge is 2.33. The second-order valence-electron chi connectivity index (χ2n) is 4.73. The molecule has 5 heteroatoms. The molecule has 1 unspecified atom stereocenters. The van der Waals surface area contributed by atoms with Gasteiger partial charge in [0.05, 0.1) is 0 Å². The van der Waals surface area contributed by atoms with E-state index in [0.29, 0.717) is 24.2 Å². The maximum Gasteiger partial charge on any atom is 0.269 e. The second kappa shape index (κ2) is 5.35. The quantitative estimate of drug-likeness (QED) is 0.801. The first-order valence-electron chi connectivity index (χ1n) is 6.28. The fourth-order valence-electron chi connectivity index (χ4n) is 2.23. The number of pyridine rings is 1. The standard InChI is InChI=1S/C13H20N4O/c1-15-13(18)11-7-10(5-6-16-11)17(2)12(8-14)9-3-4-9/h5-7,9,12H,3-4,8,14H2,1-2H3,(H,15,18). The van der Waals surface area contributed by atoms with Crippen LogP contribution in [0.15, 0.2) is 18.3 Å². The molecule has 0 radical (unpaired) electrons. The zero-order valence-corrected chi connectivity index (χ0v) is 10.9. The number of nitrogens with two attached hydrogens (primary N) is 1. The first kappa shape index (κ1) is 12.8. The second-order valence-corrected chi connectivity index (χ2v) is 4.73. The molecule has 0 saturated heterocycles. The molecule has 1 saturated carbocycles. The molecule has 1 aliphatic carbocycles. The molecule has 1 aromatic rings. The van der Waals surface area contributed by atoms with E-state index in [1.165, 1.54) is 12.8 Å². The van der Waals surface area contributed by atoms with Crippen LogP contribution in [0.25, 0.3) is 0 Å². The van der Waals surface area contributed by atoms with E-state index < -0.39 is 0 Å². The van der Waals surface area contributed by atoms with E-state index in [1.54, 1.807) is 13.2 Å². The predicted octanol–water partition coefficient (Wildman–Crippen LogP) is 0.615. The van der Waals surface area contributed by atoms with Crippen LogP contribution in [-0.2, 0) is 0 Å². The van der Waals surface area contributed by atoms with Crippen molar-refractivity contribution in [3.8, 4) is 0 Å². The number of nitrogens with one attached hydrogen (secondary N) is 1. The van der Waals surface area contributed by atoms with Crippen LogP contribution in [0.4, 0.5) is 5.69 Å². The molecular weight excluding hydrogens is 228 g/mol. The lowest BCUT2D eigenvalue weighted by atomic mass is 10.1. The van der Waals surface area contributed by atoms with Crippen LogP contribution in [0.2, 0.25) is 0 Å². The van der Waals surface area contributed by atoms with Gasteiger partial charge in [0.25, 0.3) is 5.91 Å². The largest absolute Gasteiger partial charge is 0.370 e. The third kappa shape index (κ3) is 2.61. The van der Waals surface area contributed by atoms with Crippen molar-refractivity contribution in [1.82, 2.24) is 10.3 Å². The molecular formula is C13H20N4O. The number of carbonyl (C=O) groups excluding carboxylic acids is 1. The lowest BCUT2D eigenvalue weighted by molar-refractivity contribution is 0.0958. The average Bonchev–Trinajstić information content (AvgIpc) is 3.23. The number of rotatable bonds is 5. The maximum atomic E-state index is 11.6. The van der Waals surface area contributed by atoms with Crippen LogP contribution in [0.3, 0.4) is 0 Å². The molecule has 98 valence electrons. The van der Waals surface area contributed by atoms with Crippen LogP contribution in [0.1, 0.15) is 23.3 Å². The number of nitrogens with zero attached hydrogens (tertiary/aromatic N) is 2. The third-order valence-corrected chi connectivity index (χ3v) is 3.52. The smallest absolute Gasteiger partial charge is 0.269 e. The van der Waals surface area contributed by atoms with Crippen LogP contribution in [0.5, 0.6) is 0 Å². The van der Waals surface area contributed by atoms with Gasteiger partial charge < -0.3 is 16.0 Å². The molecule has 1 heterocycles. The number of aromatic nitrogens is 1. The van der Waals surface area contributed by atoms with E-state index in [9.17, 15) is 4.79 Å². The minimum atomic E-state index is -0.166. The van der Waals surface area contributed by atoms with Crippen LogP contribution in [0, 0.1) is 5.92 Å². The van der Waals surface area contributed by atoms with Gasteiger partial charge in [-0.15, -0.1) is 0 Å². The lowest BCUT2D eigenvalue weighted by Gasteiger charge is -2.29. The highest BCUT2D eigenvalue weighted by atomic mass is 16.1. The third-order valence-electron chi connectivity index (χ3n) is 3.52. The zero-order valence-electron chi connectivity index (χ0n) is 10.9. The van der Waals surface area contributed by atoms with Gasteiger partial charge in [-0.1, -0.05) is 0 Å². The monoisotopic (exact) mass is 248 g/mol. The number of amides is 1. The van der Waals surface area contributed by atoms with Gasteiger partial charge in [0.1, 0.15) is 5.69 Å². The van der Waals surface area contributed by atoms with E-state index in [2.05, 4.69) is 15.2 Å². The van der Waals surface area contributed by atoms with Crippen molar-refractivity contribution in [3.05, 3.63) is 24.0 Å². The summed E-state index contributed by atoms with van der Waals surface area (Å²) in [5.41, 5.74) is 7.27. The zero-order chi connectivity index (χ0) is 13.1. The Bertz CT molecular complexity index is 431. The minimum absolute atomic E-state index is 0.166. The lowest BCUT2D eigenvalue weighted by Crippen LogP contribution is -2.39. The van der Waals surface area contributed by atoms with Gasteiger partial charge in [-0.05, 0) is 30.9 Å². The van der Waals surface area contributed by atoms with E-state index >= 15 is 0 Å². The summed E-state index contributed by atoms with van der Waals surface area (Å²) < 4.78 is 0. The Morgan fingerprint density at radius 2 is 2.39 bits per heavy atom. The van der Waals surface area contributed by atoms with Crippen molar-refractivity contribution in [3.63, 3.8) is 0 Å². The maximum absolute atomic E-state index is 11.6. The fraction of sp³-hybridized carbons (Fsp3) is 0.538. The number of hydrogen-bond acceptors (Lipinski definition) is 4. The van der Waals surface area contributed by atoms with Gasteiger partial charge in [-0.3, -0.25) is 9.78 Å². The van der Waals surface area contributed by atoms with Crippen molar-refractivity contribution in [1.29, 1.82) is 0 Å². The van der Waals surface area contributed by atoms with Crippen molar-refractivity contribution in [2.24, 2.45) is 11.7 Å². The Balaban J connectivity index is 2.18. The highest BCUT2D eigenvalue weighted by Crippen LogP contribution is 2.36. The summed E-state index contributed by atoms with van der Waals surface area (Å²) in [6.45, 7) is 0.638. The Labute approximate surface area is 107 Å². The summed E-state index contributed by atoms with van der Waals surface area (Å²) >= 11 is 0. The molecule has 0 bridgehead atoms. The first-order chi connectivity index (χ1) is 8.67. The Morgan fingerprint density at radius 3 is 2.94 bits per heavy atom. The summed E-state index contributed by atoms with van der Waals surface area (Å²) in [5, 5.41) is 2.58. The molecule has 0 spiro atoms. The molecule has 0 aliphatic heterocycles. The predicted molar refractivity (Wildman–Crippen MR) is 71.6 cm³/mol. The van der Waals surface area contributed by atoms with E-state index in [1.807, 2.05) is 19.2 Å². The van der Waals surface area contributed by atoms with Crippen LogP contribution < -0.4 is 16.0 Å². The summed E-state index contributed by atoms with van der Waals surface area (Å²) in [6, 6.07) is 4.08. The topological polar surface area (TPSA) is 71.2 Å². The summed E-state index contributed by atoms with van der Waals surface area (Å²) in [5.74, 6) is 0.526. The van der Waals surface area contributed by atoms with Crippen LogP contribution >= 0.6 is 0 Å². The van der Waals surface area contributed by atoms with Crippen molar-refractivity contribution in [2.75, 3.05) is 25.5 Å². The molecule has 2 rings (SSSR count). The number of likely N-dealkylation sites (N-methyl/N-ethyl adjacent to an activating group) is 1. The Kier molecular flexibility index (Phi) is 3.81. The number of hydrogen-bond donors (Lipinski definition) is 2. The molecule has 1 atom stereocenters. The molecule has 1 aromatic heterocycles. The van der Waals surface area contributed by atoms with Gasteiger partial charge in [-0.25, -0.2) is 0 Å². The van der Waals surface area contributed by atoms with Crippen molar-refractivity contribution < 1.29 is 4.79 Å². The molecule has 0 aromatic carbocycles. The Morgan fingerprint density at radius 1 is 1.67 bits per heavy atom. The molecule has 18 heavy (non-hydrogen) atoms. The van der Waals surface area contributed by atoms with E-state index in [-0.39, 0.29) is 5.91 Å². The molecule has 1 fully saturated rings.